The van der Waals surface area contributed by atoms with E-state index in [4.69, 9.17) is 0 Å². The molecule has 3 nitrogen and oxygen atoms in total. The molecule has 14 heavy (non-hydrogen) atoms. The molecule has 1 aliphatic carbocycles. The van der Waals surface area contributed by atoms with Crippen molar-refractivity contribution in [3.05, 3.63) is 0 Å². The molecule has 1 saturated carbocycles. The van der Waals surface area contributed by atoms with Crippen molar-refractivity contribution in [3.63, 3.8) is 0 Å². The number of rotatable bonds is 4. The normalized spacial score (nSPS) is 27.3. The van der Waals surface area contributed by atoms with Crippen LogP contribution in [-0.4, -0.2) is 35.2 Å². The summed E-state index contributed by atoms with van der Waals surface area (Å²) in [5, 5.41) is 12.5. The molecule has 0 heterocycles. The fourth-order valence-corrected chi connectivity index (χ4v) is 2.14. The molecule has 2 atom stereocenters. The Kier molecular flexibility index (Phi) is 5.33. The Morgan fingerprint density at radius 1 is 1.50 bits per heavy atom. The van der Waals surface area contributed by atoms with Gasteiger partial charge in [-0.2, -0.15) is 11.8 Å². The third-order valence-electron chi connectivity index (χ3n) is 2.61. The Labute approximate surface area is 89.6 Å². The maximum atomic E-state index is 11.4. The minimum absolute atomic E-state index is 0.00175. The van der Waals surface area contributed by atoms with Crippen molar-refractivity contribution in [2.75, 3.05) is 12.0 Å². The van der Waals surface area contributed by atoms with Crippen LogP contribution in [0, 0.1) is 0 Å². The van der Waals surface area contributed by atoms with Gasteiger partial charge in [-0.15, -0.1) is 0 Å². The molecule has 2 N–H and O–H groups in total. The summed E-state index contributed by atoms with van der Waals surface area (Å²) in [5.74, 6) is 0.930. The number of thioether (sulfide) groups is 1. The van der Waals surface area contributed by atoms with Crippen molar-refractivity contribution in [3.8, 4) is 0 Å². The summed E-state index contributed by atoms with van der Waals surface area (Å²) in [5.41, 5.74) is 0. The molecule has 0 aromatic carbocycles. The summed E-state index contributed by atoms with van der Waals surface area (Å²) in [6, 6.07) is -0.00175. The van der Waals surface area contributed by atoms with E-state index in [0.29, 0.717) is 6.42 Å². The second kappa shape index (κ2) is 6.30. The van der Waals surface area contributed by atoms with E-state index in [1.807, 2.05) is 6.26 Å². The van der Waals surface area contributed by atoms with Gasteiger partial charge in [0.1, 0.15) is 0 Å². The van der Waals surface area contributed by atoms with E-state index in [0.717, 1.165) is 31.4 Å². The minimum atomic E-state index is -0.332. The summed E-state index contributed by atoms with van der Waals surface area (Å²) in [6.07, 6.45) is 6.16. The predicted octanol–water partition coefficient (Wildman–Crippen LogP) is 1.16. The molecular weight excluding hydrogens is 198 g/mol. The van der Waals surface area contributed by atoms with Gasteiger partial charge in [0.05, 0.1) is 12.1 Å². The quantitative estimate of drug-likeness (QED) is 0.743. The van der Waals surface area contributed by atoms with Crippen LogP contribution >= 0.6 is 11.8 Å². The van der Waals surface area contributed by atoms with Crippen molar-refractivity contribution in [1.82, 2.24) is 5.32 Å². The number of aliphatic hydroxyl groups excluding tert-OH is 1. The first kappa shape index (κ1) is 11.9. The first-order valence-electron chi connectivity index (χ1n) is 5.20. The molecule has 0 radical (unpaired) electrons. The first-order valence-corrected chi connectivity index (χ1v) is 6.60. The molecule has 0 unspecified atom stereocenters. The van der Waals surface area contributed by atoms with E-state index in [9.17, 15) is 9.90 Å². The molecule has 4 heteroatoms. The lowest BCUT2D eigenvalue weighted by atomic mass is 9.92. The highest BCUT2D eigenvalue weighted by Gasteiger charge is 2.23. The Morgan fingerprint density at radius 3 is 2.86 bits per heavy atom. The average molecular weight is 217 g/mol. The lowest BCUT2D eigenvalue weighted by Crippen LogP contribution is -2.45. The predicted molar refractivity (Wildman–Crippen MR) is 59.4 cm³/mol. The highest BCUT2D eigenvalue weighted by atomic mass is 32.2. The number of aliphatic hydroxyl groups is 1. The third-order valence-corrected chi connectivity index (χ3v) is 3.22. The molecule has 1 amide bonds. The molecule has 0 saturated heterocycles. The smallest absolute Gasteiger partial charge is 0.221 e. The van der Waals surface area contributed by atoms with Crippen LogP contribution in [0.5, 0.6) is 0 Å². The highest BCUT2D eigenvalue weighted by Crippen LogP contribution is 2.18. The van der Waals surface area contributed by atoms with Gasteiger partial charge in [-0.1, -0.05) is 12.8 Å². The molecule has 0 aliphatic heterocycles. The van der Waals surface area contributed by atoms with Crippen LogP contribution in [0.2, 0.25) is 0 Å². The fourth-order valence-electron chi connectivity index (χ4n) is 1.75. The number of hydrogen-bond donors (Lipinski definition) is 2. The van der Waals surface area contributed by atoms with Crippen LogP contribution in [0.4, 0.5) is 0 Å². The molecule has 0 aromatic heterocycles. The van der Waals surface area contributed by atoms with E-state index < -0.39 is 0 Å². The number of nitrogens with one attached hydrogen (secondary N) is 1. The zero-order chi connectivity index (χ0) is 10.4. The molecule has 82 valence electrons. The monoisotopic (exact) mass is 217 g/mol. The first-order chi connectivity index (χ1) is 6.74. The number of amides is 1. The molecule has 1 fully saturated rings. The summed E-state index contributed by atoms with van der Waals surface area (Å²) < 4.78 is 0. The lowest BCUT2D eigenvalue weighted by Gasteiger charge is -2.28. The standard InChI is InChI=1S/C10H19NO2S/c1-14-7-6-10(13)11-8-4-2-3-5-9(8)12/h8-9,12H,2-7H2,1H3,(H,11,13)/t8-,9-/m1/s1. The Morgan fingerprint density at radius 2 is 2.21 bits per heavy atom. The second-order valence-corrected chi connectivity index (χ2v) is 4.75. The summed E-state index contributed by atoms with van der Waals surface area (Å²) in [7, 11) is 0. The van der Waals surface area contributed by atoms with Crippen molar-refractivity contribution in [2.24, 2.45) is 0 Å². The summed E-state index contributed by atoms with van der Waals surface area (Å²) in [6.45, 7) is 0. The van der Waals surface area contributed by atoms with Crippen LogP contribution in [0.15, 0.2) is 0 Å². The van der Waals surface area contributed by atoms with E-state index in [2.05, 4.69) is 5.32 Å². The Bertz CT molecular complexity index is 187. The topological polar surface area (TPSA) is 49.3 Å². The minimum Gasteiger partial charge on any atom is -0.391 e. The van der Waals surface area contributed by atoms with Gasteiger partial charge in [0.2, 0.25) is 5.91 Å². The van der Waals surface area contributed by atoms with Gasteiger partial charge in [0.15, 0.2) is 0 Å². The van der Waals surface area contributed by atoms with Crippen molar-refractivity contribution < 1.29 is 9.90 Å². The lowest BCUT2D eigenvalue weighted by molar-refractivity contribution is -0.122. The van der Waals surface area contributed by atoms with Crippen molar-refractivity contribution >= 4 is 17.7 Å². The van der Waals surface area contributed by atoms with Gasteiger partial charge < -0.3 is 10.4 Å². The van der Waals surface area contributed by atoms with E-state index in [1.54, 1.807) is 11.8 Å². The van der Waals surface area contributed by atoms with Gasteiger partial charge in [-0.3, -0.25) is 4.79 Å². The van der Waals surface area contributed by atoms with Crippen LogP contribution in [0.1, 0.15) is 32.1 Å². The van der Waals surface area contributed by atoms with Gasteiger partial charge in [0.25, 0.3) is 0 Å². The van der Waals surface area contributed by atoms with E-state index in [1.165, 1.54) is 0 Å². The Hall–Kier alpha value is -0.220. The maximum Gasteiger partial charge on any atom is 0.221 e. The molecule has 1 rings (SSSR count). The number of hydrogen-bond acceptors (Lipinski definition) is 3. The van der Waals surface area contributed by atoms with E-state index in [-0.39, 0.29) is 18.1 Å². The van der Waals surface area contributed by atoms with Crippen LogP contribution in [0.25, 0.3) is 0 Å². The van der Waals surface area contributed by atoms with Crippen molar-refractivity contribution in [1.29, 1.82) is 0 Å². The van der Waals surface area contributed by atoms with Crippen molar-refractivity contribution in [2.45, 2.75) is 44.2 Å². The fraction of sp³-hybridized carbons (Fsp3) is 0.900. The number of carbonyl (C=O) groups is 1. The SMILES string of the molecule is CSCCC(=O)N[C@@H]1CCCC[C@H]1O. The molecule has 0 bridgehead atoms. The molecular formula is C10H19NO2S. The van der Waals surface area contributed by atoms with Gasteiger partial charge in [-0.05, 0) is 19.1 Å². The molecule has 1 aliphatic rings. The van der Waals surface area contributed by atoms with Crippen LogP contribution in [-0.2, 0) is 4.79 Å². The maximum absolute atomic E-state index is 11.4. The van der Waals surface area contributed by atoms with E-state index >= 15 is 0 Å². The zero-order valence-corrected chi connectivity index (χ0v) is 9.48. The average Bonchev–Trinajstić information content (AvgIpc) is 2.18. The summed E-state index contributed by atoms with van der Waals surface area (Å²) in [4.78, 5) is 11.4. The molecule has 0 spiro atoms. The van der Waals surface area contributed by atoms with Gasteiger partial charge in [0, 0.05) is 12.2 Å². The summed E-state index contributed by atoms with van der Waals surface area (Å²) >= 11 is 1.67. The molecule has 0 aromatic rings. The second-order valence-electron chi connectivity index (χ2n) is 3.77. The third kappa shape index (κ3) is 3.88. The van der Waals surface area contributed by atoms with Gasteiger partial charge >= 0.3 is 0 Å². The number of carbonyl (C=O) groups excluding carboxylic acids is 1. The van der Waals surface area contributed by atoms with Gasteiger partial charge in [-0.25, -0.2) is 0 Å². The van der Waals surface area contributed by atoms with Crippen LogP contribution < -0.4 is 5.32 Å². The highest BCUT2D eigenvalue weighted by molar-refractivity contribution is 7.98. The van der Waals surface area contributed by atoms with Crippen LogP contribution in [0.3, 0.4) is 0 Å². The Balaban J connectivity index is 2.23. The zero-order valence-electron chi connectivity index (χ0n) is 8.66. The largest absolute Gasteiger partial charge is 0.391 e.